The molecule has 3 aromatic carbocycles. The highest BCUT2D eigenvalue weighted by molar-refractivity contribution is 6.05. The normalized spacial score (nSPS) is 11.7. The first-order valence-corrected chi connectivity index (χ1v) is 12.8. The second-order valence-corrected chi connectivity index (χ2v) is 9.37. The number of rotatable bonds is 4. The third-order valence-electron chi connectivity index (χ3n) is 6.60. The van der Waals surface area contributed by atoms with Crippen LogP contribution in [0, 0.1) is 11.8 Å². The van der Waals surface area contributed by atoms with E-state index in [1.807, 2.05) is 86.9 Å². The van der Waals surface area contributed by atoms with Gasteiger partial charge in [0.25, 0.3) is 11.5 Å². The number of hydrogen-bond acceptors (Lipinski definition) is 5. The summed E-state index contributed by atoms with van der Waals surface area (Å²) < 4.78 is 3.22. The largest absolute Gasteiger partial charge is 0.342 e. The second kappa shape index (κ2) is 10.3. The molecule has 8 heteroatoms. The number of amides is 1. The Kier molecular flexibility index (Phi) is 6.38. The van der Waals surface area contributed by atoms with Crippen molar-refractivity contribution in [3.63, 3.8) is 0 Å². The molecule has 1 atom stereocenters. The number of fused-ring (bicyclic) bond motifs is 2. The number of benzene rings is 3. The quantitative estimate of drug-likeness (QED) is 0.341. The van der Waals surface area contributed by atoms with E-state index < -0.39 is 6.04 Å². The second-order valence-electron chi connectivity index (χ2n) is 9.37. The van der Waals surface area contributed by atoms with E-state index in [1.54, 1.807) is 33.8 Å². The van der Waals surface area contributed by atoms with Crippen LogP contribution in [0.1, 0.15) is 40.3 Å². The highest BCUT2D eigenvalue weighted by Gasteiger charge is 2.22. The monoisotopic (exact) mass is 524 g/mol. The highest BCUT2D eigenvalue weighted by Crippen LogP contribution is 2.22. The summed E-state index contributed by atoms with van der Waals surface area (Å²) in [6.45, 7) is 1.82. The fourth-order valence-electron chi connectivity index (χ4n) is 4.72. The summed E-state index contributed by atoms with van der Waals surface area (Å²) in [6.07, 6.45) is 5.15. The van der Waals surface area contributed by atoms with Crippen LogP contribution in [-0.4, -0.2) is 30.2 Å². The number of carbonyl (C=O) groups excluding carboxylic acids is 1. The molecule has 0 saturated heterocycles. The van der Waals surface area contributed by atoms with Gasteiger partial charge in [-0.3, -0.25) is 23.8 Å². The molecule has 0 radical (unpaired) electrons. The minimum absolute atomic E-state index is 0.268. The molecule has 0 aliphatic heterocycles. The molecular weight excluding hydrogens is 500 g/mol. The molecule has 1 N–H and O–H groups in total. The summed E-state index contributed by atoms with van der Waals surface area (Å²) in [5, 5.41) is 8.46. The smallest absolute Gasteiger partial charge is 0.267 e. The molecule has 6 rings (SSSR count). The topological polar surface area (TPSA) is 94.7 Å². The van der Waals surface area contributed by atoms with E-state index in [0.29, 0.717) is 39.1 Å². The average molecular weight is 525 g/mol. The minimum Gasteiger partial charge on any atom is -0.342 e. The van der Waals surface area contributed by atoms with Crippen molar-refractivity contribution in [3.8, 4) is 17.5 Å². The van der Waals surface area contributed by atoms with Gasteiger partial charge in [-0.2, -0.15) is 5.10 Å². The van der Waals surface area contributed by atoms with Crippen molar-refractivity contribution >= 4 is 27.7 Å². The number of nitrogens with zero attached hydrogens (tertiary/aromatic N) is 5. The zero-order valence-electron chi connectivity index (χ0n) is 21.9. The van der Waals surface area contributed by atoms with Crippen LogP contribution in [0.5, 0.6) is 0 Å². The molecule has 3 aromatic heterocycles. The number of aromatic nitrogens is 5. The first-order chi connectivity index (χ1) is 19.5. The average Bonchev–Trinajstić information content (AvgIpc) is 3.40. The molecule has 0 fully saturated rings. The van der Waals surface area contributed by atoms with Crippen molar-refractivity contribution in [2.75, 3.05) is 0 Å². The van der Waals surface area contributed by atoms with Gasteiger partial charge in [-0.15, -0.1) is 0 Å². The number of carbonyl (C=O) groups is 1. The molecule has 0 bridgehead atoms. The first kappa shape index (κ1) is 24.8. The molecule has 0 unspecified atom stereocenters. The van der Waals surface area contributed by atoms with E-state index in [0.717, 1.165) is 10.9 Å². The van der Waals surface area contributed by atoms with Gasteiger partial charge in [-0.1, -0.05) is 54.3 Å². The summed E-state index contributed by atoms with van der Waals surface area (Å²) >= 11 is 0. The molecule has 0 spiro atoms. The third-order valence-corrected chi connectivity index (χ3v) is 6.60. The number of para-hydroxylation sites is 2. The van der Waals surface area contributed by atoms with Crippen LogP contribution in [-0.2, 0) is 7.05 Å². The summed E-state index contributed by atoms with van der Waals surface area (Å²) in [4.78, 5) is 36.9. The number of pyridine rings is 1. The molecule has 40 heavy (non-hydrogen) atoms. The predicted octanol–water partition coefficient (Wildman–Crippen LogP) is 4.56. The Labute approximate surface area is 230 Å². The lowest BCUT2D eigenvalue weighted by atomic mass is 10.1. The molecule has 0 aliphatic rings. The van der Waals surface area contributed by atoms with Gasteiger partial charge in [0.2, 0.25) is 0 Å². The third kappa shape index (κ3) is 4.61. The van der Waals surface area contributed by atoms with Gasteiger partial charge in [-0.25, -0.2) is 4.98 Å². The zero-order chi connectivity index (χ0) is 27.6. The van der Waals surface area contributed by atoms with Crippen molar-refractivity contribution < 1.29 is 4.79 Å². The summed E-state index contributed by atoms with van der Waals surface area (Å²) in [6, 6.07) is 23.3. The molecular formula is C32H24N6O2. The molecule has 1 amide bonds. The fourth-order valence-corrected chi connectivity index (χ4v) is 4.72. The van der Waals surface area contributed by atoms with E-state index in [-0.39, 0.29) is 11.5 Å². The number of nitrogens with one attached hydrogen (secondary N) is 1. The SMILES string of the molecule is C[C@H](NC(=O)c1cccc2cccnc12)c1nc2cccc(C#Cc3cnn(C)c3)c2c(=O)n1-c1ccccc1. The van der Waals surface area contributed by atoms with Crippen molar-refractivity contribution in [2.24, 2.45) is 7.05 Å². The van der Waals surface area contributed by atoms with Gasteiger partial charge < -0.3 is 5.32 Å². The Balaban J connectivity index is 1.47. The maximum atomic E-state index is 14.1. The van der Waals surface area contributed by atoms with E-state index in [1.165, 1.54) is 0 Å². The van der Waals surface area contributed by atoms with Crippen LogP contribution < -0.4 is 10.9 Å². The number of hydrogen-bond donors (Lipinski definition) is 1. The van der Waals surface area contributed by atoms with Crippen molar-refractivity contribution in [2.45, 2.75) is 13.0 Å². The van der Waals surface area contributed by atoms with Gasteiger partial charge in [-0.05, 0) is 43.3 Å². The molecule has 8 nitrogen and oxygen atoms in total. The van der Waals surface area contributed by atoms with Gasteiger partial charge in [0.05, 0.1) is 45.5 Å². The van der Waals surface area contributed by atoms with Crippen LogP contribution in [0.15, 0.2) is 102 Å². The highest BCUT2D eigenvalue weighted by atomic mass is 16.2. The van der Waals surface area contributed by atoms with Gasteiger partial charge in [0.1, 0.15) is 5.82 Å². The fraction of sp³-hybridized carbons (Fsp3) is 0.0938. The minimum atomic E-state index is -0.603. The lowest BCUT2D eigenvalue weighted by Crippen LogP contribution is -2.33. The van der Waals surface area contributed by atoms with E-state index in [9.17, 15) is 9.59 Å². The zero-order valence-corrected chi connectivity index (χ0v) is 21.9. The maximum absolute atomic E-state index is 14.1. The summed E-state index contributed by atoms with van der Waals surface area (Å²) in [7, 11) is 1.82. The molecule has 6 aromatic rings. The molecule has 0 aliphatic carbocycles. The van der Waals surface area contributed by atoms with E-state index in [2.05, 4.69) is 27.2 Å². The standard InChI is InChI=1S/C32H24N6O2/c1-21(35-31(39)26-14-6-10-24-11-8-18-33-29(24)26)30-36-27-15-7-9-23(17-16-22-19-34-37(2)20-22)28(27)32(40)38(30)25-12-4-3-5-13-25/h3-15,18-21H,1-2H3,(H,35,39)/t21-/m0/s1. The molecule has 0 saturated carbocycles. The van der Waals surface area contributed by atoms with E-state index in [4.69, 9.17) is 4.98 Å². The Morgan fingerprint density at radius 2 is 1.75 bits per heavy atom. The van der Waals surface area contributed by atoms with Crippen LogP contribution in [0.25, 0.3) is 27.5 Å². The van der Waals surface area contributed by atoms with Crippen molar-refractivity contribution in [3.05, 3.63) is 130 Å². The van der Waals surface area contributed by atoms with Crippen LogP contribution in [0.2, 0.25) is 0 Å². The molecule has 194 valence electrons. The lowest BCUT2D eigenvalue weighted by molar-refractivity contribution is 0.0939. The summed E-state index contributed by atoms with van der Waals surface area (Å²) in [5.41, 5.74) is 3.24. The Hall–Kier alpha value is -5.55. The predicted molar refractivity (Wildman–Crippen MR) is 154 cm³/mol. The Morgan fingerprint density at radius 1 is 0.950 bits per heavy atom. The van der Waals surface area contributed by atoms with Crippen LogP contribution >= 0.6 is 0 Å². The van der Waals surface area contributed by atoms with Crippen molar-refractivity contribution in [1.29, 1.82) is 0 Å². The Morgan fingerprint density at radius 3 is 2.55 bits per heavy atom. The summed E-state index contributed by atoms with van der Waals surface area (Å²) in [5.74, 6) is 6.31. The molecule has 3 heterocycles. The van der Waals surface area contributed by atoms with Gasteiger partial charge in [0, 0.05) is 30.4 Å². The maximum Gasteiger partial charge on any atom is 0.267 e. The van der Waals surface area contributed by atoms with Gasteiger partial charge in [0.15, 0.2) is 0 Å². The van der Waals surface area contributed by atoms with E-state index >= 15 is 0 Å². The van der Waals surface area contributed by atoms with Crippen molar-refractivity contribution in [1.82, 2.24) is 29.6 Å². The van der Waals surface area contributed by atoms with Crippen LogP contribution in [0.4, 0.5) is 0 Å². The Bertz CT molecular complexity index is 2010. The van der Waals surface area contributed by atoms with Gasteiger partial charge >= 0.3 is 0 Å². The lowest BCUT2D eigenvalue weighted by Gasteiger charge is -2.20. The number of aryl methyl sites for hydroxylation is 1. The van der Waals surface area contributed by atoms with Crippen LogP contribution in [0.3, 0.4) is 0 Å². The first-order valence-electron chi connectivity index (χ1n) is 12.8.